The number of halogens is 2. The van der Waals surface area contributed by atoms with Crippen LogP contribution in [0.25, 0.3) is 0 Å². The molecular weight excluding hydrogens is 261 g/mol. The number of aromatic nitrogens is 2. The number of hydrogen-bond acceptors (Lipinski definition) is 5. The summed E-state index contributed by atoms with van der Waals surface area (Å²) in [5.41, 5.74) is 16.9. The van der Waals surface area contributed by atoms with E-state index >= 15 is 0 Å². The van der Waals surface area contributed by atoms with Gasteiger partial charge in [0.15, 0.2) is 5.88 Å². The Balaban J connectivity index is 3.19. The Bertz CT molecular complexity index is 473. The van der Waals surface area contributed by atoms with Gasteiger partial charge >= 0.3 is 0 Å². The second-order valence-corrected chi connectivity index (χ2v) is 4.02. The molecule has 0 aromatic carbocycles. The molecule has 0 amide bonds. The molecular formula is C10H15ClFN5O. The standard InChI is InChI=1S/C10H15ClFN5O/c1-5(17-4-7(13)9(12)16-17)6(3-8(11)14)10(15)18-2/h3-5H,13-15H2,1-2H3/b8-3-,10-6-. The van der Waals surface area contributed by atoms with Gasteiger partial charge < -0.3 is 21.9 Å². The van der Waals surface area contributed by atoms with Crippen LogP contribution in [0.2, 0.25) is 0 Å². The fourth-order valence-corrected chi connectivity index (χ4v) is 1.51. The highest BCUT2D eigenvalue weighted by molar-refractivity contribution is 6.29. The van der Waals surface area contributed by atoms with Crippen molar-refractivity contribution in [3.8, 4) is 0 Å². The van der Waals surface area contributed by atoms with E-state index in [1.807, 2.05) is 0 Å². The second-order valence-electron chi connectivity index (χ2n) is 3.58. The molecule has 6 nitrogen and oxygen atoms in total. The summed E-state index contributed by atoms with van der Waals surface area (Å²) in [5, 5.41) is 3.65. The van der Waals surface area contributed by atoms with Crippen LogP contribution in [-0.4, -0.2) is 16.9 Å². The van der Waals surface area contributed by atoms with Crippen molar-refractivity contribution in [1.29, 1.82) is 0 Å². The van der Waals surface area contributed by atoms with Crippen molar-refractivity contribution >= 4 is 17.3 Å². The molecule has 0 aliphatic carbocycles. The summed E-state index contributed by atoms with van der Waals surface area (Å²) in [6.45, 7) is 1.73. The molecule has 1 atom stereocenters. The van der Waals surface area contributed by atoms with Crippen LogP contribution in [0.5, 0.6) is 0 Å². The van der Waals surface area contributed by atoms with E-state index < -0.39 is 12.0 Å². The van der Waals surface area contributed by atoms with Gasteiger partial charge in [-0.25, -0.2) is 0 Å². The van der Waals surface area contributed by atoms with Gasteiger partial charge in [0, 0.05) is 5.57 Å². The maximum absolute atomic E-state index is 13.1. The van der Waals surface area contributed by atoms with Crippen molar-refractivity contribution in [2.24, 2.45) is 11.5 Å². The number of nitrogens with zero attached hydrogens (tertiary/aromatic N) is 2. The van der Waals surface area contributed by atoms with Crippen LogP contribution < -0.4 is 17.2 Å². The second kappa shape index (κ2) is 5.63. The van der Waals surface area contributed by atoms with Crippen LogP contribution in [-0.2, 0) is 4.74 Å². The van der Waals surface area contributed by atoms with Crippen molar-refractivity contribution in [2.45, 2.75) is 13.0 Å². The van der Waals surface area contributed by atoms with Crippen LogP contribution >= 0.6 is 11.6 Å². The van der Waals surface area contributed by atoms with Crippen molar-refractivity contribution in [3.05, 3.63) is 34.8 Å². The van der Waals surface area contributed by atoms with Crippen LogP contribution in [0.4, 0.5) is 10.1 Å². The number of nitrogen functional groups attached to an aromatic ring is 1. The molecule has 0 saturated heterocycles. The van der Waals surface area contributed by atoms with E-state index in [4.69, 9.17) is 33.5 Å². The van der Waals surface area contributed by atoms with Gasteiger partial charge in [-0.05, 0) is 13.0 Å². The van der Waals surface area contributed by atoms with E-state index in [1.165, 1.54) is 24.1 Å². The molecule has 100 valence electrons. The molecule has 18 heavy (non-hydrogen) atoms. The largest absolute Gasteiger partial charge is 0.482 e. The molecule has 1 rings (SSSR count). The van der Waals surface area contributed by atoms with Gasteiger partial charge in [0.05, 0.1) is 24.5 Å². The first-order chi connectivity index (χ1) is 8.36. The van der Waals surface area contributed by atoms with E-state index in [9.17, 15) is 4.39 Å². The quantitative estimate of drug-likeness (QED) is 0.432. The van der Waals surface area contributed by atoms with Gasteiger partial charge in [-0.3, -0.25) is 4.68 Å². The van der Waals surface area contributed by atoms with Crippen molar-refractivity contribution < 1.29 is 9.13 Å². The maximum Gasteiger partial charge on any atom is 0.255 e. The Morgan fingerprint density at radius 2 is 2.22 bits per heavy atom. The molecule has 0 saturated carbocycles. The van der Waals surface area contributed by atoms with Gasteiger partial charge in [0.25, 0.3) is 5.95 Å². The summed E-state index contributed by atoms with van der Waals surface area (Å²) < 4.78 is 19.3. The van der Waals surface area contributed by atoms with Crippen LogP contribution in [0.1, 0.15) is 13.0 Å². The van der Waals surface area contributed by atoms with Crippen molar-refractivity contribution in [1.82, 2.24) is 9.78 Å². The third-order valence-corrected chi connectivity index (χ3v) is 2.47. The number of allylic oxidation sites excluding steroid dienone is 2. The fraction of sp³-hybridized carbons (Fsp3) is 0.300. The Morgan fingerprint density at radius 3 is 2.61 bits per heavy atom. The molecule has 0 aliphatic heterocycles. The predicted octanol–water partition coefficient (Wildman–Crippen LogP) is 1.02. The average Bonchev–Trinajstić information content (AvgIpc) is 2.64. The van der Waals surface area contributed by atoms with Gasteiger partial charge in [-0.15, -0.1) is 5.10 Å². The Kier molecular flexibility index (Phi) is 4.43. The zero-order chi connectivity index (χ0) is 13.9. The maximum atomic E-state index is 13.1. The van der Waals surface area contributed by atoms with Crippen molar-refractivity contribution in [3.63, 3.8) is 0 Å². The molecule has 0 spiro atoms. The summed E-state index contributed by atoms with van der Waals surface area (Å²) in [4.78, 5) is 0. The number of anilines is 1. The highest BCUT2D eigenvalue weighted by atomic mass is 35.5. The number of nitrogens with two attached hydrogens (primary N) is 3. The van der Waals surface area contributed by atoms with Crippen LogP contribution in [0.3, 0.4) is 0 Å². The lowest BCUT2D eigenvalue weighted by Gasteiger charge is -2.15. The number of rotatable bonds is 4. The molecule has 1 heterocycles. The van der Waals surface area contributed by atoms with E-state index in [2.05, 4.69) is 5.10 Å². The molecule has 1 aromatic heterocycles. The number of hydrogen-bond donors (Lipinski definition) is 3. The van der Waals surface area contributed by atoms with Crippen LogP contribution in [0, 0.1) is 5.95 Å². The summed E-state index contributed by atoms with van der Waals surface area (Å²) in [6.07, 6.45) is 2.77. The Hall–Kier alpha value is -1.89. The molecule has 1 unspecified atom stereocenters. The first kappa shape index (κ1) is 14.2. The lowest BCUT2D eigenvalue weighted by Crippen LogP contribution is -2.15. The van der Waals surface area contributed by atoms with Gasteiger partial charge in [0.1, 0.15) is 5.69 Å². The Labute approximate surface area is 109 Å². The van der Waals surface area contributed by atoms with Gasteiger partial charge in [-0.2, -0.15) is 4.39 Å². The number of ether oxygens (including phenoxy) is 1. The minimum Gasteiger partial charge on any atom is -0.482 e. The molecule has 0 bridgehead atoms. The molecule has 0 aliphatic rings. The molecule has 6 N–H and O–H groups in total. The third-order valence-electron chi connectivity index (χ3n) is 2.36. The van der Waals surface area contributed by atoms with E-state index in [0.29, 0.717) is 5.57 Å². The highest BCUT2D eigenvalue weighted by Crippen LogP contribution is 2.23. The first-order valence-electron chi connectivity index (χ1n) is 5.03. The van der Waals surface area contributed by atoms with Crippen LogP contribution in [0.15, 0.2) is 28.9 Å². The molecule has 1 aromatic rings. The molecule has 0 radical (unpaired) electrons. The molecule has 0 fully saturated rings. The monoisotopic (exact) mass is 275 g/mol. The van der Waals surface area contributed by atoms with E-state index in [1.54, 1.807) is 6.92 Å². The topological polar surface area (TPSA) is 105 Å². The summed E-state index contributed by atoms with van der Waals surface area (Å²) >= 11 is 5.61. The van der Waals surface area contributed by atoms with Gasteiger partial charge in [-0.1, -0.05) is 11.6 Å². The zero-order valence-corrected chi connectivity index (χ0v) is 10.8. The zero-order valence-electron chi connectivity index (χ0n) is 10.0. The lowest BCUT2D eigenvalue weighted by molar-refractivity contribution is 0.278. The molecule has 8 heteroatoms. The first-order valence-corrected chi connectivity index (χ1v) is 5.41. The lowest BCUT2D eigenvalue weighted by atomic mass is 10.1. The predicted molar refractivity (Wildman–Crippen MR) is 67.7 cm³/mol. The SMILES string of the molecule is CO/C(N)=C(/C=C(\N)Cl)C(C)n1cc(N)c(F)n1. The normalized spacial score (nSPS) is 15.2. The summed E-state index contributed by atoms with van der Waals surface area (Å²) in [6, 6.07) is -0.436. The summed E-state index contributed by atoms with van der Waals surface area (Å²) in [7, 11) is 1.40. The summed E-state index contributed by atoms with van der Waals surface area (Å²) in [5.74, 6) is -0.638. The fourth-order valence-electron chi connectivity index (χ4n) is 1.39. The number of methoxy groups -OCH3 is 1. The van der Waals surface area contributed by atoms with Gasteiger partial charge in [0.2, 0.25) is 0 Å². The average molecular weight is 276 g/mol. The van der Waals surface area contributed by atoms with Crippen molar-refractivity contribution in [2.75, 3.05) is 12.8 Å². The highest BCUT2D eigenvalue weighted by Gasteiger charge is 2.17. The van der Waals surface area contributed by atoms with E-state index in [0.717, 1.165) is 0 Å². The smallest absolute Gasteiger partial charge is 0.255 e. The third kappa shape index (κ3) is 3.07. The Morgan fingerprint density at radius 1 is 1.61 bits per heavy atom. The van der Waals surface area contributed by atoms with E-state index in [-0.39, 0.29) is 16.7 Å². The minimum atomic E-state index is -0.750. The minimum absolute atomic E-state index is 0.0254.